The Hall–Kier alpha value is -0.980. The van der Waals surface area contributed by atoms with Gasteiger partial charge in [0.15, 0.2) is 0 Å². The minimum atomic E-state index is 0.790. The van der Waals surface area contributed by atoms with Crippen molar-refractivity contribution in [3.8, 4) is 0 Å². The van der Waals surface area contributed by atoms with E-state index in [4.69, 9.17) is 4.63 Å². The van der Waals surface area contributed by atoms with Gasteiger partial charge in [-0.25, -0.2) is 4.63 Å². The van der Waals surface area contributed by atoms with Gasteiger partial charge in [-0.1, -0.05) is 17.2 Å². The standard InChI is InChI=1S/C16H29N5O/c1-3-19-9-5-15(6-10-19)21-8-4-7-20(11-12-21)13-16-14(2)17-22-18-16/h15H,3-13H2,1-2H3. The van der Waals surface area contributed by atoms with Gasteiger partial charge in [-0.05, 0) is 58.9 Å². The second kappa shape index (κ2) is 7.53. The van der Waals surface area contributed by atoms with Crippen LogP contribution in [0.3, 0.4) is 0 Å². The minimum absolute atomic E-state index is 0.790. The first-order chi connectivity index (χ1) is 10.8. The van der Waals surface area contributed by atoms with E-state index in [1.807, 2.05) is 6.92 Å². The Balaban J connectivity index is 1.49. The molecule has 0 unspecified atom stereocenters. The minimum Gasteiger partial charge on any atom is -0.303 e. The van der Waals surface area contributed by atoms with Crippen molar-refractivity contribution in [3.05, 3.63) is 11.4 Å². The van der Waals surface area contributed by atoms with Gasteiger partial charge in [0.05, 0.1) is 0 Å². The Morgan fingerprint density at radius 1 is 1.00 bits per heavy atom. The molecule has 6 heteroatoms. The van der Waals surface area contributed by atoms with Crippen LogP contribution in [0.5, 0.6) is 0 Å². The average molecular weight is 307 g/mol. The monoisotopic (exact) mass is 307 g/mol. The van der Waals surface area contributed by atoms with Crippen molar-refractivity contribution in [3.63, 3.8) is 0 Å². The summed E-state index contributed by atoms with van der Waals surface area (Å²) in [6, 6.07) is 0.790. The van der Waals surface area contributed by atoms with Crippen LogP contribution in [-0.2, 0) is 6.54 Å². The van der Waals surface area contributed by atoms with E-state index in [1.165, 1.54) is 52.0 Å². The Morgan fingerprint density at radius 2 is 1.82 bits per heavy atom. The van der Waals surface area contributed by atoms with E-state index < -0.39 is 0 Å². The molecule has 6 nitrogen and oxygen atoms in total. The molecule has 0 radical (unpaired) electrons. The molecule has 2 saturated heterocycles. The van der Waals surface area contributed by atoms with Crippen LogP contribution in [0.4, 0.5) is 0 Å². The maximum absolute atomic E-state index is 4.81. The second-order valence-corrected chi connectivity index (χ2v) is 6.63. The Morgan fingerprint density at radius 3 is 2.50 bits per heavy atom. The molecule has 0 amide bonds. The van der Waals surface area contributed by atoms with Crippen molar-refractivity contribution in [1.82, 2.24) is 25.0 Å². The van der Waals surface area contributed by atoms with Crippen molar-refractivity contribution in [1.29, 1.82) is 0 Å². The van der Waals surface area contributed by atoms with Crippen LogP contribution < -0.4 is 0 Å². The number of aryl methyl sites for hydroxylation is 1. The zero-order chi connectivity index (χ0) is 15.4. The van der Waals surface area contributed by atoms with Crippen molar-refractivity contribution in [2.24, 2.45) is 0 Å². The summed E-state index contributed by atoms with van der Waals surface area (Å²) in [5.74, 6) is 0. The Bertz CT molecular complexity index is 455. The van der Waals surface area contributed by atoms with Crippen LogP contribution in [0.1, 0.15) is 37.6 Å². The van der Waals surface area contributed by atoms with Crippen molar-refractivity contribution in [2.45, 2.75) is 45.7 Å². The second-order valence-electron chi connectivity index (χ2n) is 6.63. The van der Waals surface area contributed by atoms with Crippen LogP contribution in [-0.4, -0.2) is 76.9 Å². The number of rotatable bonds is 4. The quantitative estimate of drug-likeness (QED) is 0.837. The lowest BCUT2D eigenvalue weighted by Crippen LogP contribution is -2.46. The normalized spacial score (nSPS) is 23.7. The van der Waals surface area contributed by atoms with Crippen molar-refractivity contribution < 1.29 is 4.63 Å². The van der Waals surface area contributed by atoms with Gasteiger partial charge >= 0.3 is 0 Å². The molecule has 2 aliphatic rings. The molecule has 0 aliphatic carbocycles. The molecule has 2 aliphatic heterocycles. The third kappa shape index (κ3) is 3.86. The largest absolute Gasteiger partial charge is 0.303 e. The third-order valence-electron chi connectivity index (χ3n) is 5.26. The van der Waals surface area contributed by atoms with Gasteiger partial charge in [-0.2, -0.15) is 0 Å². The fourth-order valence-electron chi connectivity index (χ4n) is 3.72. The van der Waals surface area contributed by atoms with Crippen LogP contribution in [0.2, 0.25) is 0 Å². The lowest BCUT2D eigenvalue weighted by Gasteiger charge is -2.37. The van der Waals surface area contributed by atoms with E-state index in [2.05, 4.69) is 31.9 Å². The average Bonchev–Trinajstić information content (AvgIpc) is 2.81. The number of hydrogen-bond donors (Lipinski definition) is 0. The molecule has 0 atom stereocenters. The van der Waals surface area contributed by atoms with Gasteiger partial charge in [0.25, 0.3) is 0 Å². The van der Waals surface area contributed by atoms with Gasteiger partial charge in [0, 0.05) is 25.7 Å². The van der Waals surface area contributed by atoms with E-state index in [-0.39, 0.29) is 0 Å². The number of nitrogens with zero attached hydrogens (tertiary/aromatic N) is 5. The first kappa shape index (κ1) is 15.9. The third-order valence-corrected chi connectivity index (χ3v) is 5.26. The highest BCUT2D eigenvalue weighted by Gasteiger charge is 2.26. The highest BCUT2D eigenvalue weighted by atomic mass is 16.6. The van der Waals surface area contributed by atoms with Crippen LogP contribution in [0, 0.1) is 6.92 Å². The Labute approximate surface area is 133 Å². The highest BCUT2D eigenvalue weighted by Crippen LogP contribution is 2.19. The summed E-state index contributed by atoms with van der Waals surface area (Å²) in [6.07, 6.45) is 3.92. The molecule has 3 heterocycles. The molecule has 1 aromatic heterocycles. The molecule has 1 aromatic rings. The van der Waals surface area contributed by atoms with Crippen LogP contribution >= 0.6 is 0 Å². The molecule has 0 spiro atoms. The SMILES string of the molecule is CCN1CCC(N2CCCN(Cc3nonc3C)CC2)CC1. The summed E-state index contributed by atoms with van der Waals surface area (Å²) >= 11 is 0. The molecule has 0 saturated carbocycles. The van der Waals surface area contributed by atoms with Gasteiger partial charge < -0.3 is 4.90 Å². The summed E-state index contributed by atoms with van der Waals surface area (Å²) < 4.78 is 4.81. The molecule has 22 heavy (non-hydrogen) atoms. The van der Waals surface area contributed by atoms with Gasteiger partial charge in [0.2, 0.25) is 0 Å². The zero-order valence-electron chi connectivity index (χ0n) is 14.0. The smallest absolute Gasteiger partial charge is 0.122 e. The molecular weight excluding hydrogens is 278 g/mol. The topological polar surface area (TPSA) is 48.6 Å². The fourth-order valence-corrected chi connectivity index (χ4v) is 3.72. The summed E-state index contributed by atoms with van der Waals surface area (Å²) in [5, 5.41) is 7.90. The molecule has 124 valence electrons. The van der Waals surface area contributed by atoms with Crippen LogP contribution in [0.15, 0.2) is 4.63 Å². The maximum atomic E-state index is 4.81. The van der Waals surface area contributed by atoms with E-state index in [0.29, 0.717) is 0 Å². The lowest BCUT2D eigenvalue weighted by molar-refractivity contribution is 0.113. The predicted molar refractivity (Wildman–Crippen MR) is 85.6 cm³/mol. The molecular formula is C16H29N5O. The summed E-state index contributed by atoms with van der Waals surface area (Å²) in [5.41, 5.74) is 1.91. The zero-order valence-corrected chi connectivity index (χ0v) is 14.0. The van der Waals surface area contributed by atoms with Gasteiger partial charge in [0.1, 0.15) is 11.4 Å². The molecule has 2 fully saturated rings. The lowest BCUT2D eigenvalue weighted by atomic mass is 10.0. The van der Waals surface area contributed by atoms with Gasteiger partial charge in [-0.15, -0.1) is 0 Å². The fraction of sp³-hybridized carbons (Fsp3) is 0.875. The molecule has 3 rings (SSSR count). The summed E-state index contributed by atoms with van der Waals surface area (Å²) in [4.78, 5) is 7.79. The number of aromatic nitrogens is 2. The molecule has 0 bridgehead atoms. The highest BCUT2D eigenvalue weighted by molar-refractivity contribution is 5.04. The Kier molecular flexibility index (Phi) is 5.44. The first-order valence-corrected chi connectivity index (χ1v) is 8.73. The van der Waals surface area contributed by atoms with E-state index in [9.17, 15) is 0 Å². The first-order valence-electron chi connectivity index (χ1n) is 8.73. The predicted octanol–water partition coefficient (Wildman–Crippen LogP) is 1.37. The molecule has 0 N–H and O–H groups in total. The number of likely N-dealkylation sites (tertiary alicyclic amines) is 1. The van der Waals surface area contributed by atoms with E-state index >= 15 is 0 Å². The molecule has 0 aromatic carbocycles. The van der Waals surface area contributed by atoms with Gasteiger partial charge in [-0.3, -0.25) is 9.80 Å². The van der Waals surface area contributed by atoms with Crippen molar-refractivity contribution >= 4 is 0 Å². The maximum Gasteiger partial charge on any atom is 0.122 e. The number of hydrogen-bond acceptors (Lipinski definition) is 6. The van der Waals surface area contributed by atoms with Crippen molar-refractivity contribution in [2.75, 3.05) is 45.8 Å². The summed E-state index contributed by atoms with van der Waals surface area (Å²) in [6.45, 7) is 13.5. The number of piperidine rings is 1. The van der Waals surface area contributed by atoms with E-state index in [0.717, 1.165) is 37.1 Å². The van der Waals surface area contributed by atoms with E-state index in [1.54, 1.807) is 0 Å². The van der Waals surface area contributed by atoms with Crippen LogP contribution in [0.25, 0.3) is 0 Å². The summed E-state index contributed by atoms with van der Waals surface area (Å²) in [7, 11) is 0.